The molecule has 7 nitrogen and oxygen atoms in total. The van der Waals surface area contributed by atoms with E-state index in [0.29, 0.717) is 35.8 Å². The number of hydrogen-bond donors (Lipinski definition) is 0. The van der Waals surface area contributed by atoms with Gasteiger partial charge >= 0.3 is 0 Å². The number of aldehydes is 1. The quantitative estimate of drug-likeness (QED) is 0.282. The lowest BCUT2D eigenvalue weighted by atomic mass is 9.97. The van der Waals surface area contributed by atoms with Crippen molar-refractivity contribution in [1.29, 1.82) is 5.26 Å². The summed E-state index contributed by atoms with van der Waals surface area (Å²) in [5.41, 5.74) is 1.25. The predicted octanol–water partition coefficient (Wildman–Crippen LogP) is 6.82. The maximum absolute atomic E-state index is 13.2. The largest absolute Gasteiger partial charge is 0.298 e. The van der Waals surface area contributed by atoms with Gasteiger partial charge in [-0.05, 0) is 38.5 Å². The van der Waals surface area contributed by atoms with Crippen LogP contribution in [0.3, 0.4) is 0 Å². The molecule has 2 aromatic rings. The molecule has 0 aromatic carbocycles. The van der Waals surface area contributed by atoms with Crippen LogP contribution in [0.15, 0.2) is 24.8 Å². The van der Waals surface area contributed by atoms with Crippen LogP contribution in [0.5, 0.6) is 0 Å². The summed E-state index contributed by atoms with van der Waals surface area (Å²) in [4.78, 5) is 28.7. The third-order valence-electron chi connectivity index (χ3n) is 7.32. The van der Waals surface area contributed by atoms with Gasteiger partial charge in [-0.3, -0.25) is 9.69 Å². The van der Waals surface area contributed by atoms with Crippen LogP contribution in [0.1, 0.15) is 116 Å². The van der Waals surface area contributed by atoms with E-state index in [0.717, 1.165) is 37.2 Å². The van der Waals surface area contributed by atoms with Crippen LogP contribution in [-0.2, 0) is 0 Å². The van der Waals surface area contributed by atoms with Gasteiger partial charge in [-0.2, -0.15) is 5.26 Å². The van der Waals surface area contributed by atoms with E-state index in [9.17, 15) is 27.6 Å². The van der Waals surface area contributed by atoms with Gasteiger partial charge in [0.25, 0.3) is 5.92 Å². The summed E-state index contributed by atoms with van der Waals surface area (Å²) in [5.74, 6) is -2.17. The molecular weight excluding hydrogens is 548 g/mol. The van der Waals surface area contributed by atoms with Gasteiger partial charge in [-0.25, -0.2) is 37.5 Å². The molecule has 1 unspecified atom stereocenters. The molecule has 6 rings (SSSR count). The molecule has 3 saturated carbocycles. The van der Waals surface area contributed by atoms with Crippen LogP contribution < -0.4 is 0 Å². The Morgan fingerprint density at radius 2 is 1.25 bits per heavy atom. The Hall–Kier alpha value is -2.71. The highest BCUT2D eigenvalue weighted by Crippen LogP contribution is 2.39. The van der Waals surface area contributed by atoms with E-state index in [1.807, 2.05) is 0 Å². The first kappa shape index (κ1) is 31.8. The summed E-state index contributed by atoms with van der Waals surface area (Å²) in [7, 11) is 0. The molecule has 1 aliphatic heterocycles. The van der Waals surface area contributed by atoms with Crippen molar-refractivity contribution in [2.24, 2.45) is 0 Å². The number of carbonyl (C=O) groups excluding carboxylic acids is 1. The van der Waals surface area contributed by atoms with Crippen LogP contribution >= 0.6 is 12.4 Å². The zero-order chi connectivity index (χ0) is 27.9. The first-order valence-corrected chi connectivity index (χ1v) is 13.7. The minimum absolute atomic E-state index is 0. The summed E-state index contributed by atoms with van der Waals surface area (Å²) in [6.45, 7) is 0.463. The third kappa shape index (κ3) is 9.73. The lowest BCUT2D eigenvalue weighted by molar-refractivity contribution is -0.0595. The summed E-state index contributed by atoms with van der Waals surface area (Å²) < 4.78 is 50.7. The molecule has 2 aromatic heterocycles. The van der Waals surface area contributed by atoms with E-state index in [-0.39, 0.29) is 51.2 Å². The third-order valence-corrected chi connectivity index (χ3v) is 7.32. The molecule has 3 aliphatic carbocycles. The number of nitrogens with zero attached hydrogens (tertiary/aromatic N) is 6. The standard InChI is InChI=1S/C14H16F2N4.C8H8N2O.C6H10F2.ClH/c15-14(16)3-5-20(6-4-14)12(7-17)11-8-18-13(19-9-11)10-1-2-10;11-5-6-3-9-8(10-4-6)7-1-2-7;7-6(8)4-2-1-3-5-6;/h8-10,12H,1-6H2;3-5,7H,1-2H2;1-5H2;1H. The Morgan fingerprint density at radius 3 is 1.62 bits per heavy atom. The first-order valence-electron chi connectivity index (χ1n) is 13.7. The zero-order valence-corrected chi connectivity index (χ0v) is 23.1. The normalized spacial score (nSPS) is 22.1. The Morgan fingerprint density at radius 1 is 0.800 bits per heavy atom. The van der Waals surface area contributed by atoms with E-state index in [1.54, 1.807) is 29.7 Å². The summed E-state index contributed by atoms with van der Waals surface area (Å²) in [5, 5.41) is 9.32. The molecule has 0 spiro atoms. The van der Waals surface area contributed by atoms with Crippen molar-refractivity contribution in [2.45, 2.75) is 100 Å². The van der Waals surface area contributed by atoms with Gasteiger partial charge in [0.05, 0.1) is 11.6 Å². The first-order chi connectivity index (χ1) is 18.7. The molecule has 0 bridgehead atoms. The van der Waals surface area contributed by atoms with Gasteiger partial charge in [-0.15, -0.1) is 12.4 Å². The monoisotopic (exact) mass is 582 g/mol. The molecule has 40 heavy (non-hydrogen) atoms. The Bertz CT molecular complexity index is 1100. The molecular formula is C28H35ClF4N6O. The van der Waals surface area contributed by atoms with Crippen molar-refractivity contribution >= 4 is 18.7 Å². The highest BCUT2D eigenvalue weighted by atomic mass is 35.5. The van der Waals surface area contributed by atoms with Crippen molar-refractivity contribution in [1.82, 2.24) is 24.8 Å². The minimum Gasteiger partial charge on any atom is -0.298 e. The van der Waals surface area contributed by atoms with E-state index in [1.165, 1.54) is 12.8 Å². The second-order valence-corrected chi connectivity index (χ2v) is 10.8. The summed E-state index contributed by atoms with van der Waals surface area (Å²) >= 11 is 0. The maximum Gasteiger partial charge on any atom is 0.250 e. The number of halogens is 5. The van der Waals surface area contributed by atoms with Crippen LogP contribution in [0.25, 0.3) is 0 Å². The SMILES string of the molecule is Cl.FC1(F)CCCCC1.N#CC(c1cnc(C2CC2)nc1)N1CCC(F)(F)CC1.O=Cc1cnc(C2CC2)nc1. The Labute approximate surface area is 238 Å². The lowest BCUT2D eigenvalue weighted by Crippen LogP contribution is -2.41. The second-order valence-electron chi connectivity index (χ2n) is 10.8. The number of nitriles is 1. The van der Waals surface area contributed by atoms with Gasteiger partial charge < -0.3 is 0 Å². The van der Waals surface area contributed by atoms with E-state index < -0.39 is 17.9 Å². The van der Waals surface area contributed by atoms with E-state index >= 15 is 0 Å². The highest BCUT2D eigenvalue weighted by Gasteiger charge is 2.37. The topological polar surface area (TPSA) is 95.7 Å². The minimum atomic E-state index is -2.59. The van der Waals surface area contributed by atoms with Crippen molar-refractivity contribution in [3.05, 3.63) is 47.6 Å². The number of hydrogen-bond acceptors (Lipinski definition) is 7. The number of rotatable bonds is 5. The molecule has 4 aliphatic rings. The summed E-state index contributed by atoms with van der Waals surface area (Å²) in [6.07, 6.45) is 14.2. The fourth-order valence-electron chi connectivity index (χ4n) is 4.55. The van der Waals surface area contributed by atoms with Crippen LogP contribution in [-0.4, -0.2) is 56.1 Å². The molecule has 12 heteroatoms. The smallest absolute Gasteiger partial charge is 0.250 e. The van der Waals surface area contributed by atoms with Crippen molar-refractivity contribution in [3.63, 3.8) is 0 Å². The highest BCUT2D eigenvalue weighted by molar-refractivity contribution is 5.85. The van der Waals surface area contributed by atoms with Gasteiger partial charge in [0.1, 0.15) is 17.7 Å². The Kier molecular flexibility index (Phi) is 11.3. The molecule has 0 radical (unpaired) electrons. The average Bonchev–Trinajstić information content (AvgIpc) is 3.85. The fraction of sp³-hybridized carbons (Fsp3) is 0.643. The maximum atomic E-state index is 13.2. The fourth-order valence-corrected chi connectivity index (χ4v) is 4.55. The Balaban J connectivity index is 0.000000185. The molecule has 4 fully saturated rings. The summed E-state index contributed by atoms with van der Waals surface area (Å²) in [6, 6.07) is 1.65. The van der Waals surface area contributed by atoms with Crippen LogP contribution in [0, 0.1) is 11.3 Å². The predicted molar refractivity (Wildman–Crippen MR) is 143 cm³/mol. The molecule has 1 atom stereocenters. The van der Waals surface area contributed by atoms with Crippen LogP contribution in [0.2, 0.25) is 0 Å². The van der Waals surface area contributed by atoms with E-state index in [4.69, 9.17) is 0 Å². The van der Waals surface area contributed by atoms with Gasteiger partial charge in [-0.1, -0.05) is 6.42 Å². The van der Waals surface area contributed by atoms with Crippen molar-refractivity contribution in [3.8, 4) is 6.07 Å². The van der Waals surface area contributed by atoms with Crippen LogP contribution in [0.4, 0.5) is 17.6 Å². The van der Waals surface area contributed by atoms with Gasteiger partial charge in [0, 0.05) is 81.0 Å². The van der Waals surface area contributed by atoms with Gasteiger partial charge in [0.15, 0.2) is 6.29 Å². The number of aromatic nitrogens is 4. The number of alkyl halides is 4. The zero-order valence-electron chi connectivity index (χ0n) is 22.3. The number of likely N-dealkylation sites (tertiary alicyclic amines) is 1. The average molecular weight is 583 g/mol. The molecule has 218 valence electrons. The molecule has 0 amide bonds. The number of carbonyl (C=O) groups is 1. The second kappa shape index (κ2) is 14.3. The van der Waals surface area contributed by atoms with Crippen molar-refractivity contribution < 1.29 is 22.4 Å². The molecule has 0 N–H and O–H groups in total. The van der Waals surface area contributed by atoms with Gasteiger partial charge in [0.2, 0.25) is 5.92 Å². The van der Waals surface area contributed by atoms with Crippen molar-refractivity contribution in [2.75, 3.05) is 13.1 Å². The molecule has 3 heterocycles. The lowest BCUT2D eigenvalue weighted by Gasteiger charge is -2.34. The van der Waals surface area contributed by atoms with E-state index in [2.05, 4.69) is 26.0 Å². The molecule has 1 saturated heterocycles. The number of piperidine rings is 1.